The Morgan fingerprint density at radius 1 is 1.26 bits per heavy atom. The zero-order valence-corrected chi connectivity index (χ0v) is 12.6. The molecule has 0 saturated heterocycles. The van der Waals surface area contributed by atoms with E-state index in [1.54, 1.807) is 0 Å². The summed E-state index contributed by atoms with van der Waals surface area (Å²) >= 11 is 0. The third-order valence-electron chi connectivity index (χ3n) is 2.99. The lowest BCUT2D eigenvalue weighted by Crippen LogP contribution is -2.20. The zero-order chi connectivity index (χ0) is 14.3. The van der Waals surface area contributed by atoms with Gasteiger partial charge in [0.2, 0.25) is 0 Å². The lowest BCUT2D eigenvalue weighted by atomic mass is 10.1. The van der Waals surface area contributed by atoms with Gasteiger partial charge in [-0.15, -0.1) is 0 Å². The second kappa shape index (κ2) is 8.18. The van der Waals surface area contributed by atoms with Crippen LogP contribution >= 0.6 is 0 Å². The Morgan fingerprint density at radius 2 is 2.00 bits per heavy atom. The van der Waals surface area contributed by atoms with E-state index in [9.17, 15) is 0 Å². The summed E-state index contributed by atoms with van der Waals surface area (Å²) in [6.45, 7) is 11.0. The fourth-order valence-electron chi connectivity index (χ4n) is 1.83. The molecular weight excluding hydrogens is 238 g/mol. The minimum atomic E-state index is 0.160. The highest BCUT2D eigenvalue weighted by molar-refractivity contribution is 5.40. The quantitative estimate of drug-likeness (QED) is 0.759. The van der Waals surface area contributed by atoms with Crippen molar-refractivity contribution in [1.29, 1.82) is 0 Å². The first kappa shape index (κ1) is 16.0. The maximum Gasteiger partial charge on any atom is 0.126 e. The van der Waals surface area contributed by atoms with Crippen molar-refractivity contribution in [2.24, 2.45) is 11.8 Å². The van der Waals surface area contributed by atoms with Crippen LogP contribution in [0.2, 0.25) is 0 Å². The van der Waals surface area contributed by atoms with Crippen molar-refractivity contribution in [1.82, 2.24) is 5.32 Å². The first-order valence-corrected chi connectivity index (χ1v) is 7.07. The lowest BCUT2D eigenvalue weighted by molar-refractivity contribution is 0.173. The van der Waals surface area contributed by atoms with Gasteiger partial charge in [-0.1, -0.05) is 39.0 Å². The number of benzene rings is 1. The molecule has 19 heavy (non-hydrogen) atoms. The first-order chi connectivity index (χ1) is 9.04. The molecule has 0 amide bonds. The Kier molecular flexibility index (Phi) is 6.89. The largest absolute Gasteiger partial charge is 0.493 e. The Hall–Kier alpha value is -1.06. The molecule has 2 N–H and O–H groups in total. The monoisotopic (exact) mass is 265 g/mol. The molecule has 0 spiro atoms. The van der Waals surface area contributed by atoms with Crippen LogP contribution in [-0.4, -0.2) is 24.9 Å². The van der Waals surface area contributed by atoms with Crippen molar-refractivity contribution in [2.75, 3.05) is 19.8 Å². The first-order valence-electron chi connectivity index (χ1n) is 7.07. The number of hydrogen-bond donors (Lipinski definition) is 2. The molecule has 1 atom stereocenters. The molecule has 1 aromatic carbocycles. The predicted molar refractivity (Wildman–Crippen MR) is 79.5 cm³/mol. The second-order valence-corrected chi connectivity index (χ2v) is 5.69. The van der Waals surface area contributed by atoms with Crippen molar-refractivity contribution < 1.29 is 9.84 Å². The smallest absolute Gasteiger partial charge is 0.126 e. The normalized spacial score (nSPS) is 12.7. The van der Waals surface area contributed by atoms with E-state index in [2.05, 4.69) is 44.3 Å². The van der Waals surface area contributed by atoms with E-state index < -0.39 is 0 Å². The molecule has 0 aliphatic carbocycles. The summed E-state index contributed by atoms with van der Waals surface area (Å²) in [4.78, 5) is 0. The van der Waals surface area contributed by atoms with Crippen molar-refractivity contribution in [2.45, 2.75) is 34.2 Å². The van der Waals surface area contributed by atoms with Gasteiger partial charge in [0.05, 0.1) is 6.61 Å². The van der Waals surface area contributed by atoms with E-state index in [0.29, 0.717) is 12.5 Å². The van der Waals surface area contributed by atoms with Gasteiger partial charge in [-0.2, -0.15) is 0 Å². The highest BCUT2D eigenvalue weighted by Gasteiger charge is 2.09. The standard InChI is InChI=1S/C16H27NO2/c1-12(2)8-17-9-15-7-5-6-14(4)16(15)19-11-13(3)10-18/h5-7,12-13,17-18H,8-11H2,1-4H3. The van der Waals surface area contributed by atoms with Crippen LogP contribution in [0.15, 0.2) is 18.2 Å². The molecule has 0 bridgehead atoms. The van der Waals surface area contributed by atoms with Crippen LogP contribution in [0.25, 0.3) is 0 Å². The van der Waals surface area contributed by atoms with Crippen molar-refractivity contribution in [3.63, 3.8) is 0 Å². The Bertz CT molecular complexity index is 377. The van der Waals surface area contributed by atoms with Gasteiger partial charge in [0.25, 0.3) is 0 Å². The third-order valence-corrected chi connectivity index (χ3v) is 2.99. The van der Waals surface area contributed by atoms with Gasteiger partial charge in [-0.3, -0.25) is 0 Å². The number of ether oxygens (including phenoxy) is 1. The summed E-state index contributed by atoms with van der Waals surface area (Å²) in [5.74, 6) is 1.76. The average Bonchev–Trinajstić information content (AvgIpc) is 2.37. The summed E-state index contributed by atoms with van der Waals surface area (Å²) in [5.41, 5.74) is 2.33. The molecular formula is C16H27NO2. The summed E-state index contributed by atoms with van der Waals surface area (Å²) in [7, 11) is 0. The molecule has 0 aromatic heterocycles. The number of para-hydroxylation sites is 1. The molecule has 0 aliphatic rings. The second-order valence-electron chi connectivity index (χ2n) is 5.69. The van der Waals surface area contributed by atoms with Crippen LogP contribution in [0.4, 0.5) is 0 Å². The molecule has 0 fully saturated rings. The number of hydrogen-bond acceptors (Lipinski definition) is 3. The molecule has 3 heteroatoms. The number of rotatable bonds is 8. The fraction of sp³-hybridized carbons (Fsp3) is 0.625. The van der Waals surface area contributed by atoms with Crippen LogP contribution in [-0.2, 0) is 6.54 Å². The van der Waals surface area contributed by atoms with Gasteiger partial charge in [0, 0.05) is 24.6 Å². The van der Waals surface area contributed by atoms with Crippen LogP contribution < -0.4 is 10.1 Å². The van der Waals surface area contributed by atoms with Gasteiger partial charge in [0.15, 0.2) is 0 Å². The maximum atomic E-state index is 9.06. The predicted octanol–water partition coefficient (Wildman–Crippen LogP) is 2.75. The summed E-state index contributed by atoms with van der Waals surface area (Å²) in [6.07, 6.45) is 0. The molecule has 1 unspecified atom stereocenters. The lowest BCUT2D eigenvalue weighted by Gasteiger charge is -2.17. The molecule has 0 aliphatic heterocycles. The van der Waals surface area contributed by atoms with Crippen molar-refractivity contribution in [3.05, 3.63) is 29.3 Å². The molecule has 1 aromatic rings. The number of nitrogens with one attached hydrogen (secondary N) is 1. The van der Waals surface area contributed by atoms with E-state index in [4.69, 9.17) is 9.84 Å². The summed E-state index contributed by atoms with van der Waals surface area (Å²) in [6, 6.07) is 6.22. The van der Waals surface area contributed by atoms with Gasteiger partial charge >= 0.3 is 0 Å². The molecule has 0 heterocycles. The van der Waals surface area contributed by atoms with Crippen LogP contribution in [0.5, 0.6) is 5.75 Å². The highest BCUT2D eigenvalue weighted by Crippen LogP contribution is 2.24. The van der Waals surface area contributed by atoms with Gasteiger partial charge in [-0.05, 0) is 24.9 Å². The Morgan fingerprint density at radius 3 is 2.63 bits per heavy atom. The van der Waals surface area contributed by atoms with E-state index in [1.165, 1.54) is 5.56 Å². The number of aryl methyl sites for hydroxylation is 1. The summed E-state index contributed by atoms with van der Waals surface area (Å²) in [5, 5.41) is 12.5. The highest BCUT2D eigenvalue weighted by atomic mass is 16.5. The topological polar surface area (TPSA) is 41.5 Å². The van der Waals surface area contributed by atoms with E-state index in [-0.39, 0.29) is 12.5 Å². The number of aliphatic hydroxyl groups excluding tert-OH is 1. The molecule has 108 valence electrons. The van der Waals surface area contributed by atoms with E-state index >= 15 is 0 Å². The Balaban J connectivity index is 2.66. The Labute approximate surface area is 117 Å². The van der Waals surface area contributed by atoms with E-state index in [1.807, 2.05) is 6.92 Å². The van der Waals surface area contributed by atoms with Crippen LogP contribution in [0.1, 0.15) is 31.9 Å². The maximum absolute atomic E-state index is 9.06. The van der Waals surface area contributed by atoms with Crippen molar-refractivity contribution in [3.8, 4) is 5.75 Å². The third kappa shape index (κ3) is 5.62. The summed E-state index contributed by atoms with van der Waals surface area (Å²) < 4.78 is 5.88. The van der Waals surface area contributed by atoms with Gasteiger partial charge in [-0.25, -0.2) is 0 Å². The van der Waals surface area contributed by atoms with Crippen LogP contribution in [0.3, 0.4) is 0 Å². The minimum absolute atomic E-state index is 0.160. The van der Waals surface area contributed by atoms with Gasteiger partial charge in [0.1, 0.15) is 5.75 Å². The number of aliphatic hydroxyl groups is 1. The van der Waals surface area contributed by atoms with Crippen molar-refractivity contribution >= 4 is 0 Å². The molecule has 0 radical (unpaired) electrons. The van der Waals surface area contributed by atoms with E-state index in [0.717, 1.165) is 24.4 Å². The molecule has 3 nitrogen and oxygen atoms in total. The average molecular weight is 265 g/mol. The minimum Gasteiger partial charge on any atom is -0.493 e. The SMILES string of the molecule is Cc1cccc(CNCC(C)C)c1OCC(C)CO. The molecule has 1 rings (SSSR count). The fourth-order valence-corrected chi connectivity index (χ4v) is 1.83. The molecule has 0 saturated carbocycles. The zero-order valence-electron chi connectivity index (χ0n) is 12.6. The van der Waals surface area contributed by atoms with Gasteiger partial charge < -0.3 is 15.2 Å². The van der Waals surface area contributed by atoms with Crippen LogP contribution in [0, 0.1) is 18.8 Å².